The highest BCUT2D eigenvalue weighted by Gasteiger charge is 2.31. The number of urea groups is 1. The Balaban J connectivity index is 2.03. The number of nitrogens with one attached hydrogen (secondary N) is 1. The van der Waals surface area contributed by atoms with E-state index in [2.05, 4.69) is 11.4 Å². The molecule has 3 rings (SSSR count). The first-order valence-electron chi connectivity index (χ1n) is 7.66. The molecule has 0 unspecified atom stereocenters. The van der Waals surface area contributed by atoms with Crippen molar-refractivity contribution in [2.24, 2.45) is 5.73 Å². The van der Waals surface area contributed by atoms with Crippen molar-refractivity contribution in [3.63, 3.8) is 0 Å². The average Bonchev–Trinajstić information content (AvgIpc) is 2.56. The van der Waals surface area contributed by atoms with Crippen molar-refractivity contribution in [3.05, 3.63) is 65.7 Å². The topological polar surface area (TPSA) is 75.4 Å². The summed E-state index contributed by atoms with van der Waals surface area (Å²) in [5.74, 6) is -0.402. The number of fused-ring (bicyclic) bond motifs is 1. The standard InChI is InChI=1S/C18H19N3O2/c19-18(23)20-17(22)16(14-8-2-1-3-9-14)21-12-6-10-13-7-4-5-11-15(13)21/h1-5,7-9,11,16H,6,10,12H2,(H3,19,20,22,23)/t16-/m0/s1. The lowest BCUT2D eigenvalue weighted by molar-refractivity contribution is -0.121. The van der Waals surface area contributed by atoms with Gasteiger partial charge in [0.05, 0.1) is 0 Å². The third-order valence-electron chi connectivity index (χ3n) is 4.07. The number of imide groups is 1. The van der Waals surface area contributed by atoms with Crippen LogP contribution in [0.1, 0.15) is 23.6 Å². The number of para-hydroxylation sites is 1. The third-order valence-corrected chi connectivity index (χ3v) is 4.07. The molecule has 23 heavy (non-hydrogen) atoms. The van der Waals surface area contributed by atoms with E-state index in [4.69, 9.17) is 5.73 Å². The van der Waals surface area contributed by atoms with Gasteiger partial charge in [-0.25, -0.2) is 4.79 Å². The zero-order valence-electron chi connectivity index (χ0n) is 12.7. The second-order valence-corrected chi connectivity index (χ2v) is 5.59. The maximum Gasteiger partial charge on any atom is 0.318 e. The predicted octanol–water partition coefficient (Wildman–Crippen LogP) is 2.38. The van der Waals surface area contributed by atoms with Crippen molar-refractivity contribution < 1.29 is 9.59 Å². The van der Waals surface area contributed by atoms with Gasteiger partial charge in [0, 0.05) is 12.2 Å². The van der Waals surface area contributed by atoms with Gasteiger partial charge in [-0.05, 0) is 30.0 Å². The van der Waals surface area contributed by atoms with E-state index >= 15 is 0 Å². The number of nitrogens with zero attached hydrogens (tertiary/aromatic N) is 1. The molecule has 1 aliphatic rings. The van der Waals surface area contributed by atoms with Crippen molar-refractivity contribution in [3.8, 4) is 0 Å². The Morgan fingerprint density at radius 3 is 2.48 bits per heavy atom. The Kier molecular flexibility index (Phi) is 4.28. The molecule has 0 bridgehead atoms. The number of anilines is 1. The zero-order chi connectivity index (χ0) is 16.2. The van der Waals surface area contributed by atoms with Gasteiger partial charge in [0.25, 0.3) is 5.91 Å². The Morgan fingerprint density at radius 1 is 1.04 bits per heavy atom. The molecule has 3 amide bonds. The minimum Gasteiger partial charge on any atom is -0.356 e. The van der Waals surface area contributed by atoms with Gasteiger partial charge < -0.3 is 10.6 Å². The van der Waals surface area contributed by atoms with Crippen molar-refractivity contribution >= 4 is 17.6 Å². The number of benzene rings is 2. The summed E-state index contributed by atoms with van der Waals surface area (Å²) in [5.41, 5.74) is 8.23. The highest BCUT2D eigenvalue weighted by atomic mass is 16.2. The smallest absolute Gasteiger partial charge is 0.318 e. The molecule has 0 fully saturated rings. The number of hydrogen-bond donors (Lipinski definition) is 2. The molecule has 3 N–H and O–H groups in total. The molecule has 0 aromatic heterocycles. The van der Waals surface area contributed by atoms with Crippen LogP contribution in [-0.2, 0) is 11.2 Å². The maximum atomic E-state index is 12.6. The number of primary amides is 1. The first-order chi connectivity index (χ1) is 11.2. The van der Waals surface area contributed by atoms with Crippen LogP contribution in [0.5, 0.6) is 0 Å². The van der Waals surface area contributed by atoms with Crippen LogP contribution >= 0.6 is 0 Å². The summed E-state index contributed by atoms with van der Waals surface area (Å²) in [6.07, 6.45) is 1.95. The molecule has 5 nitrogen and oxygen atoms in total. The number of aryl methyl sites for hydroxylation is 1. The fourth-order valence-corrected chi connectivity index (χ4v) is 3.13. The SMILES string of the molecule is NC(=O)NC(=O)[C@H](c1ccccc1)N1CCCc2ccccc21. The van der Waals surface area contributed by atoms with Crippen LogP contribution in [0.2, 0.25) is 0 Å². The highest BCUT2D eigenvalue weighted by Crippen LogP contribution is 2.34. The molecule has 0 radical (unpaired) electrons. The summed E-state index contributed by atoms with van der Waals surface area (Å²) in [4.78, 5) is 25.8. The van der Waals surface area contributed by atoms with Crippen LogP contribution in [0, 0.1) is 0 Å². The van der Waals surface area contributed by atoms with E-state index in [1.54, 1.807) is 0 Å². The maximum absolute atomic E-state index is 12.6. The summed E-state index contributed by atoms with van der Waals surface area (Å²) in [6, 6.07) is 16.1. The lowest BCUT2D eigenvalue weighted by Crippen LogP contribution is -2.46. The van der Waals surface area contributed by atoms with Gasteiger partial charge in [-0.1, -0.05) is 48.5 Å². The molecule has 2 aromatic rings. The van der Waals surface area contributed by atoms with Gasteiger partial charge in [-0.2, -0.15) is 0 Å². The average molecular weight is 309 g/mol. The summed E-state index contributed by atoms with van der Waals surface area (Å²) < 4.78 is 0. The van der Waals surface area contributed by atoms with E-state index < -0.39 is 18.0 Å². The monoisotopic (exact) mass is 309 g/mol. The number of amides is 3. The number of carbonyl (C=O) groups is 2. The second kappa shape index (κ2) is 6.52. The lowest BCUT2D eigenvalue weighted by Gasteiger charge is -2.37. The Bertz CT molecular complexity index is 715. The number of carbonyl (C=O) groups excluding carboxylic acids is 2. The van der Waals surface area contributed by atoms with E-state index in [-0.39, 0.29) is 0 Å². The third kappa shape index (κ3) is 3.18. The van der Waals surface area contributed by atoms with E-state index in [9.17, 15) is 9.59 Å². The highest BCUT2D eigenvalue weighted by molar-refractivity contribution is 5.98. The van der Waals surface area contributed by atoms with Crippen LogP contribution in [0.4, 0.5) is 10.5 Å². The van der Waals surface area contributed by atoms with Gasteiger partial charge in [0.1, 0.15) is 6.04 Å². The van der Waals surface area contributed by atoms with Crippen molar-refractivity contribution in [1.82, 2.24) is 5.32 Å². The summed E-state index contributed by atoms with van der Waals surface area (Å²) in [7, 11) is 0. The van der Waals surface area contributed by atoms with Gasteiger partial charge in [0.2, 0.25) is 0 Å². The molecule has 118 valence electrons. The normalized spacial score (nSPS) is 14.7. The van der Waals surface area contributed by atoms with E-state index in [1.807, 2.05) is 53.4 Å². The molecule has 5 heteroatoms. The summed E-state index contributed by atoms with van der Waals surface area (Å²) in [6.45, 7) is 0.753. The molecular weight excluding hydrogens is 290 g/mol. The van der Waals surface area contributed by atoms with Crippen molar-refractivity contribution in [2.45, 2.75) is 18.9 Å². The quantitative estimate of drug-likeness (QED) is 0.914. The minimum atomic E-state index is -0.832. The molecule has 0 aliphatic carbocycles. The molecule has 2 aromatic carbocycles. The van der Waals surface area contributed by atoms with E-state index in [0.29, 0.717) is 0 Å². The molecule has 1 heterocycles. The van der Waals surface area contributed by atoms with Gasteiger partial charge in [0.15, 0.2) is 0 Å². The first-order valence-corrected chi connectivity index (χ1v) is 7.66. The number of hydrogen-bond acceptors (Lipinski definition) is 3. The van der Waals surface area contributed by atoms with Crippen LogP contribution in [0.15, 0.2) is 54.6 Å². The Hall–Kier alpha value is -2.82. The van der Waals surface area contributed by atoms with Crippen molar-refractivity contribution in [2.75, 3.05) is 11.4 Å². The molecule has 0 spiro atoms. The zero-order valence-corrected chi connectivity index (χ0v) is 12.7. The summed E-state index contributed by atoms with van der Waals surface area (Å²) in [5, 5.41) is 2.23. The van der Waals surface area contributed by atoms with Crippen LogP contribution in [-0.4, -0.2) is 18.5 Å². The van der Waals surface area contributed by atoms with Gasteiger partial charge in [-0.3, -0.25) is 10.1 Å². The van der Waals surface area contributed by atoms with Gasteiger partial charge in [-0.15, -0.1) is 0 Å². The fraction of sp³-hybridized carbons (Fsp3) is 0.222. The van der Waals surface area contributed by atoms with E-state index in [1.165, 1.54) is 5.56 Å². The Labute approximate surface area is 135 Å². The second-order valence-electron chi connectivity index (χ2n) is 5.59. The Morgan fingerprint density at radius 2 is 1.74 bits per heavy atom. The van der Waals surface area contributed by atoms with Crippen LogP contribution in [0.3, 0.4) is 0 Å². The number of rotatable bonds is 3. The molecular formula is C18H19N3O2. The largest absolute Gasteiger partial charge is 0.356 e. The predicted molar refractivity (Wildman–Crippen MR) is 89.0 cm³/mol. The van der Waals surface area contributed by atoms with Crippen LogP contribution in [0.25, 0.3) is 0 Å². The summed E-state index contributed by atoms with van der Waals surface area (Å²) >= 11 is 0. The van der Waals surface area contributed by atoms with Crippen molar-refractivity contribution in [1.29, 1.82) is 0 Å². The lowest BCUT2D eigenvalue weighted by atomic mass is 9.96. The fourth-order valence-electron chi connectivity index (χ4n) is 3.13. The molecule has 0 saturated carbocycles. The molecule has 1 atom stereocenters. The number of nitrogens with two attached hydrogens (primary N) is 1. The van der Waals surface area contributed by atoms with Crippen LogP contribution < -0.4 is 16.0 Å². The first kappa shape index (κ1) is 15.1. The van der Waals surface area contributed by atoms with E-state index in [0.717, 1.165) is 30.6 Å². The molecule has 0 saturated heterocycles. The van der Waals surface area contributed by atoms with Gasteiger partial charge >= 0.3 is 6.03 Å². The minimum absolute atomic E-state index is 0.402. The molecule has 1 aliphatic heterocycles.